The van der Waals surface area contributed by atoms with Crippen LogP contribution in [0.25, 0.3) is 22.3 Å². The second kappa shape index (κ2) is 11.9. The van der Waals surface area contributed by atoms with Crippen molar-refractivity contribution in [3.8, 4) is 17.1 Å². The zero-order valence-corrected chi connectivity index (χ0v) is 23.4. The van der Waals surface area contributed by atoms with Crippen molar-refractivity contribution < 1.29 is 33.3 Å². The minimum absolute atomic E-state index is 0.0240. The number of rotatable bonds is 10. The van der Waals surface area contributed by atoms with Crippen molar-refractivity contribution in [2.45, 2.75) is 45.6 Å². The topological polar surface area (TPSA) is 107 Å². The van der Waals surface area contributed by atoms with Gasteiger partial charge in [0.1, 0.15) is 24.1 Å². The molecule has 0 amide bonds. The Morgan fingerprint density at radius 1 is 1.02 bits per heavy atom. The quantitative estimate of drug-likeness (QED) is 0.212. The van der Waals surface area contributed by atoms with E-state index in [1.165, 1.54) is 18.2 Å². The maximum Gasteiger partial charge on any atom is 0.335 e. The van der Waals surface area contributed by atoms with Crippen LogP contribution in [0.3, 0.4) is 0 Å². The number of hydrogen-bond acceptors (Lipinski definition) is 6. The number of fused-ring (bicyclic) bond motifs is 1. The monoisotopic (exact) mass is 585 g/mol. The number of carboxylic acids is 1. The molecule has 0 radical (unpaired) electrons. The maximum absolute atomic E-state index is 15.6. The summed E-state index contributed by atoms with van der Waals surface area (Å²) in [5.74, 6) is -1.14. The minimum Gasteiger partial charge on any atom is -0.478 e. The zero-order valence-electron chi connectivity index (χ0n) is 23.4. The summed E-state index contributed by atoms with van der Waals surface area (Å²) in [5.41, 5.74) is 4.11. The highest BCUT2D eigenvalue weighted by Crippen LogP contribution is 2.30. The van der Waals surface area contributed by atoms with E-state index in [1.54, 1.807) is 55.5 Å². The fourth-order valence-corrected chi connectivity index (χ4v) is 5.18. The average Bonchev–Trinajstić information content (AvgIpc) is 3.30. The summed E-state index contributed by atoms with van der Waals surface area (Å²) in [6.07, 6.45) is 1.05. The normalized spacial score (nSPS) is 14.6. The molecule has 1 aliphatic heterocycles. The number of pyridine rings is 1. The molecule has 43 heavy (non-hydrogen) atoms. The van der Waals surface area contributed by atoms with Crippen LogP contribution in [0, 0.1) is 18.6 Å². The lowest BCUT2D eigenvalue weighted by Crippen LogP contribution is -2.31. The third kappa shape index (κ3) is 5.97. The molecule has 220 valence electrons. The van der Waals surface area contributed by atoms with E-state index in [0.717, 1.165) is 12.0 Å². The largest absolute Gasteiger partial charge is 0.478 e. The van der Waals surface area contributed by atoms with Crippen LogP contribution < -0.4 is 4.74 Å². The van der Waals surface area contributed by atoms with Crippen molar-refractivity contribution in [3.05, 3.63) is 112 Å². The summed E-state index contributed by atoms with van der Waals surface area (Å²) in [7, 11) is 0. The van der Waals surface area contributed by atoms with Crippen molar-refractivity contribution >= 4 is 17.0 Å². The molecule has 1 aliphatic rings. The van der Waals surface area contributed by atoms with Crippen molar-refractivity contribution in [2.24, 2.45) is 0 Å². The number of nitrogens with zero attached hydrogens (tertiary/aromatic N) is 3. The first-order valence-corrected chi connectivity index (χ1v) is 13.9. The summed E-state index contributed by atoms with van der Waals surface area (Å²) < 4.78 is 43.1. The lowest BCUT2D eigenvalue weighted by atomic mass is 9.99. The molecule has 3 heterocycles. The number of imidazole rings is 1. The molecule has 0 saturated carbocycles. The van der Waals surface area contributed by atoms with E-state index in [-0.39, 0.29) is 48.6 Å². The van der Waals surface area contributed by atoms with Crippen LogP contribution >= 0.6 is 0 Å². The van der Waals surface area contributed by atoms with Gasteiger partial charge in [-0.15, -0.1) is 0 Å². The van der Waals surface area contributed by atoms with Gasteiger partial charge < -0.3 is 24.3 Å². The number of halogens is 2. The van der Waals surface area contributed by atoms with Crippen LogP contribution in [-0.4, -0.2) is 43.4 Å². The molecule has 1 fully saturated rings. The lowest BCUT2D eigenvalue weighted by molar-refractivity contribution is -0.0589. The van der Waals surface area contributed by atoms with Gasteiger partial charge in [-0.2, -0.15) is 0 Å². The number of aryl methyl sites for hydroxylation is 1. The Kier molecular flexibility index (Phi) is 7.88. The van der Waals surface area contributed by atoms with Crippen LogP contribution in [0.1, 0.15) is 44.9 Å². The first-order valence-electron chi connectivity index (χ1n) is 13.9. The highest BCUT2D eigenvalue weighted by atomic mass is 19.1. The molecular weight excluding hydrogens is 556 g/mol. The zero-order chi connectivity index (χ0) is 30.1. The van der Waals surface area contributed by atoms with Crippen LogP contribution in [-0.2, 0) is 30.9 Å². The highest BCUT2D eigenvalue weighted by Gasteiger charge is 2.23. The molecule has 5 aromatic rings. The summed E-state index contributed by atoms with van der Waals surface area (Å²) in [4.78, 5) is 20.8. The molecule has 2 aromatic heterocycles. The first-order chi connectivity index (χ1) is 20.8. The molecule has 0 unspecified atom stereocenters. The second-order valence-electron chi connectivity index (χ2n) is 10.6. The van der Waals surface area contributed by atoms with E-state index >= 15 is 4.39 Å². The van der Waals surface area contributed by atoms with Gasteiger partial charge in [0.25, 0.3) is 0 Å². The molecule has 0 bridgehead atoms. The third-order valence-electron chi connectivity index (χ3n) is 7.65. The molecule has 1 saturated heterocycles. The molecule has 10 heteroatoms. The van der Waals surface area contributed by atoms with Gasteiger partial charge in [0, 0.05) is 30.2 Å². The summed E-state index contributed by atoms with van der Waals surface area (Å²) >= 11 is 0. The molecule has 2 N–H and O–H groups in total. The number of carbonyl (C=O) groups is 1. The molecule has 3 aromatic carbocycles. The van der Waals surface area contributed by atoms with E-state index < -0.39 is 11.8 Å². The van der Waals surface area contributed by atoms with E-state index in [1.807, 2.05) is 4.57 Å². The SMILES string of the molecule is Cc1ccc(COc2cccc(-c3cc(CO)c(Cc4nc5ccc(C(=O)O)cc5n4C[C@@H]4CCO4)cc3F)n2)c(F)c1. The van der Waals surface area contributed by atoms with Crippen LogP contribution in [0.4, 0.5) is 8.78 Å². The average molecular weight is 586 g/mol. The van der Waals surface area contributed by atoms with Crippen LogP contribution in [0.5, 0.6) is 5.88 Å². The van der Waals surface area contributed by atoms with Gasteiger partial charge in [-0.1, -0.05) is 18.2 Å². The standard InChI is InChI=1S/C33H29F2N3O5/c1-19-5-6-21(26(34)11-19)18-43-32-4-2-3-28(37-32)25-12-23(17-39)22(13-27(25)35)15-31-36-29-8-7-20(33(40)41)14-30(29)38(31)16-24-9-10-42-24/h2-8,11-14,24,39H,9-10,15-18H2,1H3,(H,40,41)/t24-/m0/s1. The number of aromatic carboxylic acids is 1. The maximum atomic E-state index is 15.6. The number of aliphatic hydroxyl groups excluding tert-OH is 1. The van der Waals surface area contributed by atoms with Crippen molar-refractivity contribution in [1.82, 2.24) is 14.5 Å². The minimum atomic E-state index is -1.04. The number of hydrogen-bond donors (Lipinski definition) is 2. The van der Waals surface area contributed by atoms with Crippen LogP contribution in [0.15, 0.2) is 66.7 Å². The molecule has 0 aliphatic carbocycles. The van der Waals surface area contributed by atoms with Gasteiger partial charge in [0.15, 0.2) is 0 Å². The van der Waals surface area contributed by atoms with Gasteiger partial charge in [0.2, 0.25) is 5.88 Å². The predicted molar refractivity (Wildman–Crippen MR) is 155 cm³/mol. The Morgan fingerprint density at radius 3 is 2.58 bits per heavy atom. The molecular formula is C33H29F2N3O5. The predicted octanol–water partition coefficient (Wildman–Crippen LogP) is 5.83. The van der Waals surface area contributed by atoms with Gasteiger partial charge in [-0.05, 0) is 72.5 Å². The van der Waals surface area contributed by atoms with Crippen LogP contribution in [0.2, 0.25) is 0 Å². The number of benzene rings is 3. The van der Waals surface area contributed by atoms with Gasteiger partial charge >= 0.3 is 5.97 Å². The smallest absolute Gasteiger partial charge is 0.335 e. The summed E-state index contributed by atoms with van der Waals surface area (Å²) in [6, 6.07) is 17.5. The van der Waals surface area contributed by atoms with E-state index in [4.69, 9.17) is 14.5 Å². The number of aliphatic hydroxyl groups is 1. The van der Waals surface area contributed by atoms with Crippen molar-refractivity contribution in [3.63, 3.8) is 0 Å². The van der Waals surface area contributed by atoms with Gasteiger partial charge in [0.05, 0.1) is 41.5 Å². The Labute approximate surface area is 246 Å². The Balaban J connectivity index is 1.29. The van der Waals surface area contributed by atoms with Gasteiger partial charge in [-0.25, -0.2) is 23.5 Å². The molecule has 0 spiro atoms. The van der Waals surface area contributed by atoms with E-state index in [2.05, 4.69) is 4.98 Å². The lowest BCUT2D eigenvalue weighted by Gasteiger charge is -2.27. The van der Waals surface area contributed by atoms with Crippen molar-refractivity contribution in [2.75, 3.05) is 6.61 Å². The second-order valence-corrected chi connectivity index (χ2v) is 10.6. The highest BCUT2D eigenvalue weighted by molar-refractivity contribution is 5.92. The Bertz CT molecular complexity index is 1830. The Hall–Kier alpha value is -4.67. The molecule has 1 atom stereocenters. The number of aromatic nitrogens is 3. The van der Waals surface area contributed by atoms with E-state index in [0.29, 0.717) is 52.4 Å². The van der Waals surface area contributed by atoms with Gasteiger partial charge in [-0.3, -0.25) is 0 Å². The summed E-state index contributed by atoms with van der Waals surface area (Å²) in [6.45, 7) is 2.56. The fourth-order valence-electron chi connectivity index (χ4n) is 5.18. The first kappa shape index (κ1) is 28.4. The van der Waals surface area contributed by atoms with E-state index in [9.17, 15) is 19.4 Å². The Morgan fingerprint density at radius 2 is 1.86 bits per heavy atom. The number of ether oxygens (including phenoxy) is 2. The summed E-state index contributed by atoms with van der Waals surface area (Å²) in [5, 5.41) is 19.8. The third-order valence-corrected chi connectivity index (χ3v) is 7.65. The number of carboxylic acid groups (broad SMARTS) is 1. The van der Waals surface area contributed by atoms with Crippen molar-refractivity contribution in [1.29, 1.82) is 0 Å². The molecule has 8 nitrogen and oxygen atoms in total. The molecule has 6 rings (SSSR count). The fraction of sp³-hybridized carbons (Fsp3) is 0.242.